The first-order valence-electron chi connectivity index (χ1n) is 10.7. The average Bonchev–Trinajstić information content (AvgIpc) is 2.67. The lowest BCUT2D eigenvalue weighted by atomic mass is 9.84. The van der Waals surface area contributed by atoms with E-state index < -0.39 is 35.7 Å². The van der Waals surface area contributed by atoms with Gasteiger partial charge in [-0.15, -0.1) is 0 Å². The van der Waals surface area contributed by atoms with Crippen molar-refractivity contribution in [1.29, 1.82) is 0 Å². The highest BCUT2D eigenvalue weighted by atomic mass is 16.6. The molecule has 0 aliphatic heterocycles. The van der Waals surface area contributed by atoms with E-state index in [2.05, 4.69) is 10.6 Å². The van der Waals surface area contributed by atoms with Crippen molar-refractivity contribution in [3.63, 3.8) is 0 Å². The Morgan fingerprint density at radius 1 is 1.03 bits per heavy atom. The van der Waals surface area contributed by atoms with Crippen LogP contribution in [0.4, 0.5) is 4.79 Å². The molecule has 1 saturated carbocycles. The van der Waals surface area contributed by atoms with Gasteiger partial charge in [-0.3, -0.25) is 4.79 Å². The number of rotatable bonds is 8. The maximum absolute atomic E-state index is 13.0. The minimum Gasteiger partial charge on any atom is -0.480 e. The van der Waals surface area contributed by atoms with Crippen molar-refractivity contribution in [2.45, 2.75) is 83.4 Å². The molecule has 0 bridgehead atoms. The number of carbonyl (C=O) groups is 3. The van der Waals surface area contributed by atoms with E-state index in [1.54, 1.807) is 20.8 Å². The normalized spacial score (nSPS) is 16.9. The van der Waals surface area contributed by atoms with Crippen molar-refractivity contribution in [3.8, 4) is 0 Å². The van der Waals surface area contributed by atoms with Crippen molar-refractivity contribution >= 4 is 18.0 Å². The molecule has 1 aromatic carbocycles. The third-order valence-electron chi connectivity index (χ3n) is 5.20. The highest BCUT2D eigenvalue weighted by Crippen LogP contribution is 2.27. The Morgan fingerprint density at radius 2 is 1.67 bits per heavy atom. The van der Waals surface area contributed by atoms with E-state index in [4.69, 9.17) is 4.74 Å². The topological polar surface area (TPSA) is 105 Å². The Morgan fingerprint density at radius 3 is 2.23 bits per heavy atom. The van der Waals surface area contributed by atoms with Gasteiger partial charge in [-0.25, -0.2) is 9.59 Å². The lowest BCUT2D eigenvalue weighted by Gasteiger charge is -2.28. The number of carboxylic acids is 1. The van der Waals surface area contributed by atoms with Gasteiger partial charge in [-0.1, -0.05) is 62.4 Å². The van der Waals surface area contributed by atoms with Crippen LogP contribution in [0.3, 0.4) is 0 Å². The maximum Gasteiger partial charge on any atom is 0.408 e. The molecule has 2 amide bonds. The van der Waals surface area contributed by atoms with Gasteiger partial charge in [0.15, 0.2) is 0 Å². The van der Waals surface area contributed by atoms with E-state index >= 15 is 0 Å². The van der Waals surface area contributed by atoms with Crippen molar-refractivity contribution in [2.24, 2.45) is 5.92 Å². The summed E-state index contributed by atoms with van der Waals surface area (Å²) in [5, 5.41) is 14.9. The molecule has 7 nitrogen and oxygen atoms in total. The lowest BCUT2D eigenvalue weighted by Crippen LogP contribution is -2.53. The monoisotopic (exact) mass is 418 g/mol. The SMILES string of the molecule is CC(C)(C)OC(=O)NC(CC1CCCCC1)C(=O)N[C@@H](Cc1ccccc1)C(=O)O. The van der Waals surface area contributed by atoms with E-state index in [0.717, 1.165) is 31.2 Å². The minimum atomic E-state index is -1.11. The van der Waals surface area contributed by atoms with Gasteiger partial charge in [0.1, 0.15) is 17.7 Å². The first-order valence-corrected chi connectivity index (χ1v) is 10.7. The molecule has 3 N–H and O–H groups in total. The fourth-order valence-corrected chi connectivity index (χ4v) is 3.76. The number of carbonyl (C=O) groups excluding carboxylic acids is 2. The minimum absolute atomic E-state index is 0.171. The molecule has 2 atom stereocenters. The molecule has 1 aliphatic carbocycles. The third kappa shape index (κ3) is 8.43. The predicted molar refractivity (Wildman–Crippen MR) is 114 cm³/mol. The van der Waals surface area contributed by atoms with Gasteiger partial charge in [0.25, 0.3) is 0 Å². The molecule has 0 radical (unpaired) electrons. The van der Waals surface area contributed by atoms with Crippen LogP contribution in [0.2, 0.25) is 0 Å². The molecular weight excluding hydrogens is 384 g/mol. The van der Waals surface area contributed by atoms with Crippen LogP contribution in [0.25, 0.3) is 0 Å². The molecule has 1 unspecified atom stereocenters. The first-order chi connectivity index (χ1) is 14.1. The number of ether oxygens (including phenoxy) is 1. The number of amides is 2. The van der Waals surface area contributed by atoms with E-state index in [1.165, 1.54) is 6.42 Å². The summed E-state index contributed by atoms with van der Waals surface area (Å²) in [5.74, 6) is -1.28. The van der Waals surface area contributed by atoms with Gasteiger partial charge in [-0.05, 0) is 38.7 Å². The molecule has 0 spiro atoms. The average molecular weight is 419 g/mol. The fraction of sp³-hybridized carbons (Fsp3) is 0.609. The van der Waals surface area contributed by atoms with Crippen LogP contribution in [-0.2, 0) is 20.7 Å². The van der Waals surface area contributed by atoms with Gasteiger partial charge in [0.05, 0.1) is 0 Å². The second-order valence-electron chi connectivity index (χ2n) is 9.03. The summed E-state index contributed by atoms with van der Waals surface area (Å²) in [5.41, 5.74) is 0.126. The molecule has 0 heterocycles. The van der Waals surface area contributed by atoms with Gasteiger partial charge < -0.3 is 20.5 Å². The van der Waals surface area contributed by atoms with E-state index in [0.29, 0.717) is 12.3 Å². The van der Waals surface area contributed by atoms with Crippen LogP contribution >= 0.6 is 0 Å². The zero-order valence-corrected chi connectivity index (χ0v) is 18.1. The molecule has 0 saturated heterocycles. The Balaban J connectivity index is 2.08. The van der Waals surface area contributed by atoms with Gasteiger partial charge >= 0.3 is 12.1 Å². The number of hydrogen-bond donors (Lipinski definition) is 3. The van der Waals surface area contributed by atoms with Gasteiger partial charge in [0, 0.05) is 6.42 Å². The van der Waals surface area contributed by atoms with Gasteiger partial charge in [-0.2, -0.15) is 0 Å². The Bertz CT molecular complexity index is 708. The zero-order chi connectivity index (χ0) is 22.1. The first kappa shape index (κ1) is 23.7. The zero-order valence-electron chi connectivity index (χ0n) is 18.1. The van der Waals surface area contributed by atoms with Crippen LogP contribution in [0.1, 0.15) is 64.9 Å². The Hall–Kier alpha value is -2.57. The second kappa shape index (κ2) is 11.0. The van der Waals surface area contributed by atoms with Crippen LogP contribution in [0, 0.1) is 5.92 Å². The molecule has 0 aromatic heterocycles. The van der Waals surface area contributed by atoms with E-state index in [1.807, 2.05) is 30.3 Å². The van der Waals surface area contributed by atoms with Crippen LogP contribution < -0.4 is 10.6 Å². The van der Waals surface area contributed by atoms with Crippen LogP contribution in [0.15, 0.2) is 30.3 Å². The van der Waals surface area contributed by atoms with Crippen molar-refractivity contribution in [2.75, 3.05) is 0 Å². The predicted octanol–water partition coefficient (Wildman–Crippen LogP) is 3.66. The van der Waals surface area contributed by atoms with Gasteiger partial charge in [0.2, 0.25) is 5.91 Å². The molecule has 1 aromatic rings. The molecule has 1 aliphatic rings. The van der Waals surface area contributed by atoms with E-state index in [9.17, 15) is 19.5 Å². The molecule has 7 heteroatoms. The molecule has 1 fully saturated rings. The van der Waals surface area contributed by atoms with Crippen LogP contribution in [-0.4, -0.2) is 40.8 Å². The maximum atomic E-state index is 13.0. The summed E-state index contributed by atoms with van der Waals surface area (Å²) in [6, 6.07) is 7.23. The molecular formula is C23H34N2O5. The van der Waals surface area contributed by atoms with Crippen molar-refractivity contribution in [1.82, 2.24) is 10.6 Å². The number of alkyl carbamates (subject to hydrolysis) is 1. The number of hydrogen-bond acceptors (Lipinski definition) is 4. The number of nitrogens with one attached hydrogen (secondary N) is 2. The molecule has 2 rings (SSSR count). The third-order valence-corrected chi connectivity index (χ3v) is 5.20. The largest absolute Gasteiger partial charge is 0.480 e. The summed E-state index contributed by atoms with van der Waals surface area (Å²) >= 11 is 0. The summed E-state index contributed by atoms with van der Waals surface area (Å²) in [6.45, 7) is 5.26. The van der Waals surface area contributed by atoms with E-state index in [-0.39, 0.29) is 6.42 Å². The fourth-order valence-electron chi connectivity index (χ4n) is 3.76. The number of benzene rings is 1. The summed E-state index contributed by atoms with van der Waals surface area (Å²) in [7, 11) is 0. The summed E-state index contributed by atoms with van der Waals surface area (Å²) in [6.07, 6.45) is 5.39. The standard InChI is InChI=1S/C23H34N2O5/c1-23(2,3)30-22(29)25-18(14-16-10-6-4-7-11-16)20(26)24-19(21(27)28)15-17-12-8-5-9-13-17/h5,8-9,12-13,16,18-19H,4,6-7,10-11,14-15H2,1-3H3,(H,24,26)(H,25,29)(H,27,28)/t18?,19-/m0/s1. The molecule has 166 valence electrons. The Labute approximate surface area is 178 Å². The summed E-state index contributed by atoms with van der Waals surface area (Å²) in [4.78, 5) is 37.0. The number of aliphatic carboxylic acids is 1. The van der Waals surface area contributed by atoms with Crippen molar-refractivity contribution < 1.29 is 24.2 Å². The quantitative estimate of drug-likeness (QED) is 0.598. The highest BCUT2D eigenvalue weighted by molar-refractivity contribution is 5.89. The second-order valence-corrected chi connectivity index (χ2v) is 9.03. The van der Waals surface area contributed by atoms with Crippen LogP contribution in [0.5, 0.6) is 0 Å². The Kier molecular flexibility index (Phi) is 8.69. The highest BCUT2D eigenvalue weighted by Gasteiger charge is 2.30. The summed E-state index contributed by atoms with van der Waals surface area (Å²) < 4.78 is 5.31. The smallest absolute Gasteiger partial charge is 0.408 e. The van der Waals surface area contributed by atoms with Crippen molar-refractivity contribution in [3.05, 3.63) is 35.9 Å². The number of carboxylic acid groups (broad SMARTS) is 1. The molecule has 30 heavy (non-hydrogen) atoms. The lowest BCUT2D eigenvalue weighted by molar-refractivity contribution is -0.142.